The number of thiol groups is 1. The van der Waals surface area contributed by atoms with Crippen LogP contribution in [0, 0.1) is 6.92 Å². The van der Waals surface area contributed by atoms with Gasteiger partial charge in [-0.15, -0.1) is 12.6 Å². The molecule has 1 nitrogen and oxygen atoms in total. The molecule has 24 heavy (non-hydrogen) atoms. The van der Waals surface area contributed by atoms with E-state index in [4.69, 9.17) is 4.74 Å². The Balaban J connectivity index is 3.08. The lowest BCUT2D eigenvalue weighted by atomic mass is 9.95. The first kappa shape index (κ1) is 20.9. The van der Waals surface area contributed by atoms with E-state index in [1.807, 2.05) is 0 Å². The molecular formula is C14H14F8OS. The molecule has 0 saturated heterocycles. The van der Waals surface area contributed by atoms with Gasteiger partial charge in [-0.05, 0) is 19.1 Å². The quantitative estimate of drug-likeness (QED) is 0.499. The summed E-state index contributed by atoms with van der Waals surface area (Å²) in [6, 6.07) is 5.51. The molecule has 0 saturated carbocycles. The third-order valence-corrected chi connectivity index (χ3v) is 3.40. The van der Waals surface area contributed by atoms with E-state index in [0.29, 0.717) is 0 Å². The summed E-state index contributed by atoms with van der Waals surface area (Å²) in [5, 5.41) is 0. The fraction of sp³-hybridized carbons (Fsp3) is 0.571. The molecule has 0 aromatic heterocycles. The molecule has 0 aliphatic rings. The minimum Gasteiger partial charge on any atom is -0.490 e. The SMILES string of the molecule is Cc1ccc(OC(CC(F)S)CC(F)(C(F)(F)F)C(F)(F)F)cc1. The van der Waals surface area contributed by atoms with E-state index in [1.54, 1.807) is 6.92 Å². The monoisotopic (exact) mass is 382 g/mol. The van der Waals surface area contributed by atoms with Crippen LogP contribution < -0.4 is 4.74 Å². The summed E-state index contributed by atoms with van der Waals surface area (Å²) in [7, 11) is 0. The highest BCUT2D eigenvalue weighted by molar-refractivity contribution is 7.80. The van der Waals surface area contributed by atoms with Gasteiger partial charge in [0.25, 0.3) is 0 Å². The first-order valence-electron chi connectivity index (χ1n) is 6.64. The maximum absolute atomic E-state index is 13.8. The van der Waals surface area contributed by atoms with E-state index >= 15 is 0 Å². The van der Waals surface area contributed by atoms with Crippen LogP contribution in [0.15, 0.2) is 24.3 Å². The Hall–Kier alpha value is -1.19. The number of aryl methyl sites for hydroxylation is 1. The van der Waals surface area contributed by atoms with Crippen molar-refractivity contribution in [2.75, 3.05) is 0 Å². The van der Waals surface area contributed by atoms with Crippen molar-refractivity contribution in [3.8, 4) is 5.75 Å². The maximum Gasteiger partial charge on any atom is 0.431 e. The van der Waals surface area contributed by atoms with Gasteiger partial charge >= 0.3 is 18.0 Å². The van der Waals surface area contributed by atoms with E-state index in [9.17, 15) is 35.1 Å². The van der Waals surface area contributed by atoms with E-state index in [-0.39, 0.29) is 5.75 Å². The summed E-state index contributed by atoms with van der Waals surface area (Å²) in [6.07, 6.45) is -17.5. The van der Waals surface area contributed by atoms with Gasteiger partial charge in [0.05, 0.1) is 0 Å². The van der Waals surface area contributed by atoms with Crippen molar-refractivity contribution in [2.45, 2.75) is 49.4 Å². The van der Waals surface area contributed by atoms with Crippen molar-refractivity contribution in [2.24, 2.45) is 0 Å². The Morgan fingerprint density at radius 3 is 1.79 bits per heavy atom. The van der Waals surface area contributed by atoms with Crippen LogP contribution in [0.5, 0.6) is 5.75 Å². The molecule has 2 atom stereocenters. The van der Waals surface area contributed by atoms with E-state index in [0.717, 1.165) is 5.56 Å². The van der Waals surface area contributed by atoms with Crippen LogP contribution in [0.4, 0.5) is 35.1 Å². The summed E-state index contributed by atoms with van der Waals surface area (Å²) in [5.41, 5.74) is -6.84. The Labute approximate surface area is 138 Å². The average molecular weight is 382 g/mol. The van der Waals surface area contributed by atoms with Crippen molar-refractivity contribution in [3.05, 3.63) is 29.8 Å². The molecule has 0 radical (unpaired) electrons. The van der Waals surface area contributed by atoms with Crippen molar-refractivity contribution in [3.63, 3.8) is 0 Å². The van der Waals surface area contributed by atoms with Gasteiger partial charge in [0.2, 0.25) is 0 Å². The van der Waals surface area contributed by atoms with Crippen LogP contribution in [0.25, 0.3) is 0 Å². The van der Waals surface area contributed by atoms with Crippen molar-refractivity contribution < 1.29 is 39.9 Å². The van der Waals surface area contributed by atoms with Gasteiger partial charge in [-0.2, -0.15) is 26.3 Å². The Bertz CT molecular complexity index is 509. The second-order valence-corrected chi connectivity index (χ2v) is 5.78. The zero-order chi connectivity index (χ0) is 18.8. The highest BCUT2D eigenvalue weighted by atomic mass is 32.1. The van der Waals surface area contributed by atoms with Crippen molar-refractivity contribution >= 4 is 12.6 Å². The van der Waals surface area contributed by atoms with Gasteiger partial charge in [0.1, 0.15) is 17.4 Å². The number of rotatable bonds is 6. The standard InChI is InChI=1S/C14H14F8OS/c1-8-2-4-9(5-3-8)23-10(6-11(15)24)7-12(16,13(17,18)19)14(20,21)22/h2-5,10-11,24H,6-7H2,1H3. The van der Waals surface area contributed by atoms with Crippen LogP contribution in [0.1, 0.15) is 18.4 Å². The van der Waals surface area contributed by atoms with E-state index in [1.165, 1.54) is 24.3 Å². The summed E-state index contributed by atoms with van der Waals surface area (Å²) >= 11 is 3.28. The maximum atomic E-state index is 13.8. The molecule has 0 bridgehead atoms. The fourth-order valence-electron chi connectivity index (χ4n) is 1.91. The molecule has 10 heteroatoms. The molecule has 1 aromatic carbocycles. The lowest BCUT2D eigenvalue weighted by Gasteiger charge is -2.33. The summed E-state index contributed by atoms with van der Waals surface area (Å²) in [6.45, 7) is 1.69. The van der Waals surface area contributed by atoms with Gasteiger partial charge in [-0.1, -0.05) is 17.7 Å². The first-order valence-corrected chi connectivity index (χ1v) is 7.16. The first-order chi connectivity index (χ1) is 10.8. The van der Waals surface area contributed by atoms with Gasteiger partial charge in [0, 0.05) is 12.8 Å². The summed E-state index contributed by atoms with van der Waals surface area (Å²) < 4.78 is 107. The van der Waals surface area contributed by atoms with E-state index in [2.05, 4.69) is 12.6 Å². The molecule has 0 aliphatic carbocycles. The zero-order valence-electron chi connectivity index (χ0n) is 12.3. The second-order valence-electron chi connectivity index (χ2n) is 5.22. The van der Waals surface area contributed by atoms with Crippen LogP contribution in [0.2, 0.25) is 0 Å². The molecule has 0 spiro atoms. The Morgan fingerprint density at radius 1 is 0.958 bits per heavy atom. The van der Waals surface area contributed by atoms with Crippen LogP contribution in [-0.4, -0.2) is 29.6 Å². The molecule has 1 rings (SSSR count). The minimum atomic E-state index is -6.22. The van der Waals surface area contributed by atoms with Gasteiger partial charge in [-0.3, -0.25) is 0 Å². The molecule has 0 N–H and O–H groups in total. The normalized spacial score (nSPS) is 15.9. The van der Waals surface area contributed by atoms with Crippen LogP contribution in [0.3, 0.4) is 0 Å². The summed E-state index contributed by atoms with van der Waals surface area (Å²) in [4.78, 5) is 0. The molecule has 0 aliphatic heterocycles. The number of halogens is 8. The van der Waals surface area contributed by atoms with Crippen LogP contribution >= 0.6 is 12.6 Å². The Morgan fingerprint density at radius 2 is 1.42 bits per heavy atom. The third-order valence-electron chi connectivity index (χ3n) is 3.19. The molecule has 138 valence electrons. The average Bonchev–Trinajstić information content (AvgIpc) is 2.38. The van der Waals surface area contributed by atoms with Crippen molar-refractivity contribution in [1.29, 1.82) is 0 Å². The topological polar surface area (TPSA) is 9.23 Å². The Kier molecular flexibility index (Phi) is 6.40. The van der Waals surface area contributed by atoms with E-state index < -0.39 is 42.5 Å². The van der Waals surface area contributed by atoms with Crippen molar-refractivity contribution in [1.82, 2.24) is 0 Å². The van der Waals surface area contributed by atoms with Gasteiger partial charge in [0.15, 0.2) is 0 Å². The highest BCUT2D eigenvalue weighted by Crippen LogP contribution is 2.49. The van der Waals surface area contributed by atoms with Crippen LogP contribution in [-0.2, 0) is 0 Å². The lowest BCUT2D eigenvalue weighted by Crippen LogP contribution is -2.55. The van der Waals surface area contributed by atoms with Gasteiger partial charge < -0.3 is 4.74 Å². The van der Waals surface area contributed by atoms with Gasteiger partial charge in [-0.25, -0.2) is 8.78 Å². The molecule has 1 aromatic rings. The smallest absolute Gasteiger partial charge is 0.431 e. The predicted molar refractivity (Wildman–Crippen MR) is 74.7 cm³/mol. The second kappa shape index (κ2) is 7.37. The predicted octanol–water partition coefficient (Wildman–Crippen LogP) is 5.58. The number of ether oxygens (including phenoxy) is 1. The number of hydrogen-bond donors (Lipinski definition) is 1. The fourth-order valence-corrected chi connectivity index (χ4v) is 2.14. The minimum absolute atomic E-state index is 0.105. The largest absolute Gasteiger partial charge is 0.490 e. The third kappa shape index (κ3) is 5.15. The number of alkyl halides is 8. The molecule has 2 unspecified atom stereocenters. The molecule has 0 fully saturated rings. The molecule has 0 heterocycles. The molecule has 0 amide bonds. The number of hydrogen-bond acceptors (Lipinski definition) is 2. The number of benzene rings is 1. The molecular weight excluding hydrogens is 368 g/mol. The highest BCUT2D eigenvalue weighted by Gasteiger charge is 2.73. The lowest BCUT2D eigenvalue weighted by molar-refractivity contribution is -0.347. The summed E-state index contributed by atoms with van der Waals surface area (Å²) in [5.74, 6) is -0.105. The zero-order valence-corrected chi connectivity index (χ0v) is 13.2.